The summed E-state index contributed by atoms with van der Waals surface area (Å²) in [7, 11) is 2.17. The molecule has 4 heterocycles. The van der Waals surface area contributed by atoms with E-state index >= 15 is 0 Å². The van der Waals surface area contributed by atoms with Crippen molar-refractivity contribution in [3.8, 4) is 0 Å². The van der Waals surface area contributed by atoms with Gasteiger partial charge in [-0.15, -0.1) is 0 Å². The van der Waals surface area contributed by atoms with Crippen molar-refractivity contribution < 1.29 is 4.79 Å². The molecule has 1 aromatic heterocycles. The summed E-state index contributed by atoms with van der Waals surface area (Å²) >= 11 is 0. The Morgan fingerprint density at radius 1 is 1.08 bits per heavy atom. The van der Waals surface area contributed by atoms with Crippen molar-refractivity contribution in [1.29, 1.82) is 0 Å². The summed E-state index contributed by atoms with van der Waals surface area (Å²) in [6, 6.07) is 9.11. The fourth-order valence-corrected chi connectivity index (χ4v) is 4.89. The van der Waals surface area contributed by atoms with Gasteiger partial charge < -0.3 is 9.47 Å². The molecule has 0 unspecified atom stereocenters. The normalized spacial score (nSPS) is 26.4. The SMILES string of the molecule is CN1C[C@@H](C(=O)N2CCCCC2)C=C2c3cccc4ccn(c34)C[C@@H]21. The Hall–Kier alpha value is -2.07. The minimum atomic E-state index is -0.00822. The van der Waals surface area contributed by atoms with Crippen LogP contribution in [-0.4, -0.2) is 53.0 Å². The number of piperidine rings is 1. The van der Waals surface area contributed by atoms with Gasteiger partial charge in [0.15, 0.2) is 0 Å². The third kappa shape index (κ3) is 2.35. The summed E-state index contributed by atoms with van der Waals surface area (Å²) in [5.74, 6) is 0.316. The molecule has 2 atom stereocenters. The number of fused-ring (bicyclic) bond motifs is 2. The van der Waals surface area contributed by atoms with Gasteiger partial charge in [-0.25, -0.2) is 0 Å². The number of likely N-dealkylation sites (tertiary alicyclic amines) is 1. The van der Waals surface area contributed by atoms with Crippen molar-refractivity contribution in [2.45, 2.75) is 31.8 Å². The van der Waals surface area contributed by atoms with Gasteiger partial charge in [-0.3, -0.25) is 9.69 Å². The first-order valence-corrected chi connectivity index (χ1v) is 9.51. The minimum absolute atomic E-state index is 0.00822. The van der Waals surface area contributed by atoms with E-state index in [1.807, 2.05) is 0 Å². The number of nitrogens with zero attached hydrogens (tertiary/aromatic N) is 3. The number of carbonyl (C=O) groups excluding carboxylic acids is 1. The van der Waals surface area contributed by atoms with Crippen LogP contribution in [0, 0.1) is 5.92 Å². The second kappa shape index (κ2) is 5.73. The quantitative estimate of drug-likeness (QED) is 0.801. The van der Waals surface area contributed by atoms with Crippen molar-refractivity contribution in [1.82, 2.24) is 14.4 Å². The van der Waals surface area contributed by atoms with Crippen LogP contribution in [-0.2, 0) is 11.3 Å². The van der Waals surface area contributed by atoms with Crippen LogP contribution in [0.3, 0.4) is 0 Å². The highest BCUT2D eigenvalue weighted by Crippen LogP contribution is 2.38. The van der Waals surface area contributed by atoms with Crippen molar-refractivity contribution in [2.24, 2.45) is 5.92 Å². The van der Waals surface area contributed by atoms with E-state index in [1.165, 1.54) is 28.5 Å². The van der Waals surface area contributed by atoms with Crippen LogP contribution in [0.4, 0.5) is 0 Å². The molecule has 0 spiro atoms. The summed E-state index contributed by atoms with van der Waals surface area (Å²) < 4.78 is 2.37. The monoisotopic (exact) mass is 335 g/mol. The molecule has 130 valence electrons. The zero-order valence-corrected chi connectivity index (χ0v) is 14.8. The average Bonchev–Trinajstić information content (AvgIpc) is 3.07. The second-order valence-corrected chi connectivity index (χ2v) is 7.78. The Balaban J connectivity index is 1.55. The molecule has 0 radical (unpaired) electrons. The summed E-state index contributed by atoms with van der Waals surface area (Å²) in [5, 5.41) is 1.30. The molecule has 0 N–H and O–H groups in total. The van der Waals surface area contributed by atoms with E-state index in [2.05, 4.69) is 58.0 Å². The number of aromatic nitrogens is 1. The molecule has 1 aromatic carbocycles. The van der Waals surface area contributed by atoms with Gasteiger partial charge in [-0.05, 0) is 37.9 Å². The first kappa shape index (κ1) is 15.2. The van der Waals surface area contributed by atoms with E-state index in [0.29, 0.717) is 11.9 Å². The molecule has 25 heavy (non-hydrogen) atoms. The highest BCUT2D eigenvalue weighted by atomic mass is 16.2. The molecular formula is C21H25N3O. The number of para-hydroxylation sites is 1. The van der Waals surface area contributed by atoms with Gasteiger partial charge in [0.25, 0.3) is 0 Å². The zero-order chi connectivity index (χ0) is 17.0. The summed E-state index contributed by atoms with van der Waals surface area (Å²) in [6.45, 7) is 3.68. The predicted molar refractivity (Wildman–Crippen MR) is 100 cm³/mol. The Morgan fingerprint density at radius 3 is 2.76 bits per heavy atom. The molecule has 3 aliphatic rings. The number of carbonyl (C=O) groups is 1. The van der Waals surface area contributed by atoms with Crippen molar-refractivity contribution in [3.05, 3.63) is 42.1 Å². The number of hydrogen-bond acceptors (Lipinski definition) is 2. The van der Waals surface area contributed by atoms with Crippen LogP contribution < -0.4 is 0 Å². The van der Waals surface area contributed by atoms with Crippen LogP contribution in [0.2, 0.25) is 0 Å². The molecule has 0 aliphatic carbocycles. The Labute approximate surface area is 148 Å². The van der Waals surface area contributed by atoms with Gasteiger partial charge in [0.05, 0.1) is 17.5 Å². The highest BCUT2D eigenvalue weighted by molar-refractivity contribution is 5.96. The van der Waals surface area contributed by atoms with Crippen molar-refractivity contribution in [3.63, 3.8) is 0 Å². The summed E-state index contributed by atoms with van der Waals surface area (Å²) in [4.78, 5) is 17.5. The van der Waals surface area contributed by atoms with E-state index in [0.717, 1.165) is 39.0 Å². The van der Waals surface area contributed by atoms with E-state index in [4.69, 9.17) is 0 Å². The summed E-state index contributed by atoms with van der Waals surface area (Å²) in [5.41, 5.74) is 3.98. The lowest BCUT2D eigenvalue weighted by atomic mass is 9.85. The first-order valence-electron chi connectivity index (χ1n) is 9.51. The van der Waals surface area contributed by atoms with Crippen LogP contribution >= 0.6 is 0 Å². The molecule has 0 bridgehead atoms. The van der Waals surface area contributed by atoms with Gasteiger partial charge in [0, 0.05) is 43.3 Å². The molecule has 5 rings (SSSR count). The third-order valence-corrected chi connectivity index (χ3v) is 6.21. The van der Waals surface area contributed by atoms with Crippen molar-refractivity contribution in [2.75, 3.05) is 26.7 Å². The predicted octanol–water partition coefficient (Wildman–Crippen LogP) is 2.98. The maximum Gasteiger partial charge on any atom is 0.230 e. The van der Waals surface area contributed by atoms with Crippen LogP contribution in [0.15, 0.2) is 36.5 Å². The maximum atomic E-state index is 13.1. The third-order valence-electron chi connectivity index (χ3n) is 6.21. The number of rotatable bonds is 1. The zero-order valence-electron chi connectivity index (χ0n) is 14.8. The molecule has 0 saturated carbocycles. The lowest BCUT2D eigenvalue weighted by Crippen LogP contribution is -2.49. The molecule has 3 aliphatic heterocycles. The maximum absolute atomic E-state index is 13.1. The lowest BCUT2D eigenvalue weighted by molar-refractivity contribution is -0.135. The smallest absolute Gasteiger partial charge is 0.230 e. The number of benzene rings is 1. The molecule has 4 heteroatoms. The lowest BCUT2D eigenvalue weighted by Gasteiger charge is -2.41. The topological polar surface area (TPSA) is 28.5 Å². The Bertz CT molecular complexity index is 859. The van der Waals surface area contributed by atoms with E-state index < -0.39 is 0 Å². The van der Waals surface area contributed by atoms with E-state index in [9.17, 15) is 4.79 Å². The largest absolute Gasteiger partial charge is 0.345 e. The molecule has 4 nitrogen and oxygen atoms in total. The van der Waals surface area contributed by atoms with Crippen LogP contribution in [0.1, 0.15) is 24.8 Å². The number of hydrogen-bond donors (Lipinski definition) is 0. The van der Waals surface area contributed by atoms with Gasteiger partial charge in [0.2, 0.25) is 5.91 Å². The fraction of sp³-hybridized carbons (Fsp3) is 0.476. The average molecular weight is 335 g/mol. The van der Waals surface area contributed by atoms with E-state index in [-0.39, 0.29) is 5.92 Å². The molecule has 2 aromatic rings. The Morgan fingerprint density at radius 2 is 1.92 bits per heavy atom. The fourth-order valence-electron chi connectivity index (χ4n) is 4.89. The summed E-state index contributed by atoms with van der Waals surface area (Å²) in [6.07, 6.45) is 8.05. The van der Waals surface area contributed by atoms with Gasteiger partial charge in [0.1, 0.15) is 0 Å². The standard InChI is InChI=1S/C21H25N3O/c1-22-13-16(21(25)23-9-3-2-4-10-23)12-18-17-7-5-6-15-8-11-24(20(15)17)14-19(18)22/h5-8,11-12,16,19H,2-4,9-10,13-14H2,1H3/t16-,19-/m0/s1. The second-order valence-electron chi connectivity index (χ2n) is 7.78. The van der Waals surface area contributed by atoms with Gasteiger partial charge in [-0.2, -0.15) is 0 Å². The van der Waals surface area contributed by atoms with Gasteiger partial charge >= 0.3 is 0 Å². The number of likely N-dealkylation sites (N-methyl/N-ethyl adjacent to an activating group) is 1. The molecule has 1 amide bonds. The highest BCUT2D eigenvalue weighted by Gasteiger charge is 2.36. The molecule has 1 fully saturated rings. The number of amides is 1. The van der Waals surface area contributed by atoms with Crippen LogP contribution in [0.5, 0.6) is 0 Å². The first-order chi connectivity index (χ1) is 12.2. The van der Waals surface area contributed by atoms with Crippen LogP contribution in [0.25, 0.3) is 16.5 Å². The van der Waals surface area contributed by atoms with Crippen molar-refractivity contribution >= 4 is 22.4 Å². The van der Waals surface area contributed by atoms with E-state index in [1.54, 1.807) is 0 Å². The minimum Gasteiger partial charge on any atom is -0.345 e. The van der Waals surface area contributed by atoms with Gasteiger partial charge in [-0.1, -0.05) is 24.3 Å². The Kier molecular flexibility index (Phi) is 3.49. The molecule has 1 saturated heterocycles. The molecular weight excluding hydrogens is 310 g/mol.